The third kappa shape index (κ3) is 4.43. The Bertz CT molecular complexity index is 503. The van der Waals surface area contributed by atoms with Gasteiger partial charge in [-0.2, -0.15) is 0 Å². The number of carbonyl (C=O) groups excluding carboxylic acids is 2. The van der Waals surface area contributed by atoms with Crippen molar-refractivity contribution in [3.8, 4) is 0 Å². The van der Waals surface area contributed by atoms with Crippen LogP contribution in [0.25, 0.3) is 0 Å². The lowest BCUT2D eigenvalue weighted by Crippen LogP contribution is -2.40. The zero-order valence-corrected chi connectivity index (χ0v) is 13.4. The Kier molecular flexibility index (Phi) is 7.31. The van der Waals surface area contributed by atoms with Gasteiger partial charge in [-0.15, -0.1) is 12.4 Å². The molecule has 3 N–H and O–H groups in total. The third-order valence-electron chi connectivity index (χ3n) is 3.58. The SMILES string of the molecule is COC(CN)C(=O)NCc1ccc(N2CCCC2=O)cc1.Cl. The van der Waals surface area contributed by atoms with Crippen molar-refractivity contribution in [1.29, 1.82) is 0 Å². The van der Waals surface area contributed by atoms with E-state index in [1.807, 2.05) is 24.3 Å². The summed E-state index contributed by atoms with van der Waals surface area (Å²) in [5.74, 6) is -0.0549. The van der Waals surface area contributed by atoms with Gasteiger partial charge in [0, 0.05) is 38.9 Å². The maximum absolute atomic E-state index is 11.7. The van der Waals surface area contributed by atoms with Crippen LogP contribution in [0.5, 0.6) is 0 Å². The molecule has 0 bridgehead atoms. The van der Waals surface area contributed by atoms with Gasteiger partial charge in [0.1, 0.15) is 6.10 Å². The number of rotatable bonds is 6. The van der Waals surface area contributed by atoms with Crippen molar-refractivity contribution in [2.45, 2.75) is 25.5 Å². The van der Waals surface area contributed by atoms with Crippen LogP contribution in [-0.2, 0) is 20.9 Å². The molecule has 6 nitrogen and oxygen atoms in total. The molecule has 0 radical (unpaired) electrons. The van der Waals surface area contributed by atoms with E-state index in [-0.39, 0.29) is 30.8 Å². The molecule has 22 heavy (non-hydrogen) atoms. The minimum atomic E-state index is -0.619. The van der Waals surface area contributed by atoms with Gasteiger partial charge in [0.2, 0.25) is 5.91 Å². The maximum Gasteiger partial charge on any atom is 0.250 e. The standard InChI is InChI=1S/C15H21N3O3.ClH/c1-21-13(9-16)15(20)17-10-11-4-6-12(7-5-11)18-8-2-3-14(18)19;/h4-7,13H,2-3,8-10,16H2,1H3,(H,17,20);1H. The molecule has 0 spiro atoms. The van der Waals surface area contributed by atoms with E-state index in [4.69, 9.17) is 10.5 Å². The summed E-state index contributed by atoms with van der Waals surface area (Å²) < 4.78 is 4.97. The number of nitrogens with one attached hydrogen (secondary N) is 1. The van der Waals surface area contributed by atoms with Gasteiger partial charge >= 0.3 is 0 Å². The summed E-state index contributed by atoms with van der Waals surface area (Å²) in [6, 6.07) is 7.62. The molecular weight excluding hydrogens is 306 g/mol. The highest BCUT2D eigenvalue weighted by Gasteiger charge is 2.21. The van der Waals surface area contributed by atoms with Crippen LogP contribution in [0.1, 0.15) is 18.4 Å². The third-order valence-corrected chi connectivity index (χ3v) is 3.58. The molecule has 1 saturated heterocycles. The highest BCUT2D eigenvalue weighted by atomic mass is 35.5. The van der Waals surface area contributed by atoms with Crippen molar-refractivity contribution < 1.29 is 14.3 Å². The van der Waals surface area contributed by atoms with Gasteiger partial charge in [-0.1, -0.05) is 12.1 Å². The number of amides is 2. The largest absolute Gasteiger partial charge is 0.370 e. The molecule has 0 aromatic heterocycles. The fourth-order valence-corrected chi connectivity index (χ4v) is 2.33. The van der Waals surface area contributed by atoms with Crippen molar-refractivity contribution in [3.63, 3.8) is 0 Å². The second-order valence-corrected chi connectivity index (χ2v) is 4.99. The molecule has 7 heteroatoms. The highest BCUT2D eigenvalue weighted by molar-refractivity contribution is 5.95. The molecule has 2 rings (SSSR count). The summed E-state index contributed by atoms with van der Waals surface area (Å²) in [5.41, 5.74) is 7.30. The second kappa shape index (κ2) is 8.73. The molecule has 1 fully saturated rings. The van der Waals surface area contributed by atoms with E-state index in [1.54, 1.807) is 4.90 Å². The molecule has 0 aliphatic carbocycles. The van der Waals surface area contributed by atoms with E-state index in [2.05, 4.69) is 5.32 Å². The van der Waals surface area contributed by atoms with Gasteiger partial charge in [0.15, 0.2) is 0 Å². The number of carbonyl (C=O) groups is 2. The number of halogens is 1. The molecular formula is C15H22ClN3O3. The Morgan fingerprint density at radius 3 is 2.59 bits per heavy atom. The van der Waals surface area contributed by atoms with Crippen LogP contribution < -0.4 is 16.0 Å². The average Bonchev–Trinajstić information content (AvgIpc) is 2.93. The van der Waals surface area contributed by atoms with Crippen LogP contribution in [0.15, 0.2) is 24.3 Å². The molecule has 1 unspecified atom stereocenters. The first-order valence-corrected chi connectivity index (χ1v) is 7.05. The summed E-state index contributed by atoms with van der Waals surface area (Å²) in [7, 11) is 1.46. The molecule has 0 saturated carbocycles. The molecule has 1 aliphatic heterocycles. The van der Waals surface area contributed by atoms with Gasteiger partial charge in [-0.05, 0) is 24.1 Å². The predicted molar refractivity (Wildman–Crippen MR) is 87.0 cm³/mol. The lowest BCUT2D eigenvalue weighted by molar-refractivity contribution is -0.130. The Balaban J connectivity index is 0.00000242. The number of methoxy groups -OCH3 is 1. The summed E-state index contributed by atoms with van der Waals surface area (Å²) in [6.07, 6.45) is 0.912. The molecule has 2 amide bonds. The van der Waals surface area contributed by atoms with E-state index in [9.17, 15) is 9.59 Å². The zero-order valence-electron chi connectivity index (χ0n) is 12.6. The van der Waals surface area contributed by atoms with Gasteiger partial charge in [0.25, 0.3) is 5.91 Å². The number of hydrogen-bond donors (Lipinski definition) is 2. The minimum Gasteiger partial charge on any atom is -0.370 e. The van der Waals surface area contributed by atoms with Gasteiger partial charge < -0.3 is 20.7 Å². The summed E-state index contributed by atoms with van der Waals surface area (Å²) in [5, 5.41) is 2.77. The van der Waals surface area contributed by atoms with Gasteiger partial charge in [-0.25, -0.2) is 0 Å². The van der Waals surface area contributed by atoms with Crippen LogP contribution in [0.4, 0.5) is 5.69 Å². The van der Waals surface area contributed by atoms with Crippen LogP contribution in [-0.4, -0.2) is 38.1 Å². The maximum atomic E-state index is 11.7. The Morgan fingerprint density at radius 2 is 2.09 bits per heavy atom. The van der Waals surface area contributed by atoms with Crippen molar-refractivity contribution >= 4 is 29.9 Å². The lowest BCUT2D eigenvalue weighted by atomic mass is 10.2. The first kappa shape index (κ1) is 18.4. The summed E-state index contributed by atoms with van der Waals surface area (Å²) in [6.45, 7) is 1.34. The van der Waals surface area contributed by atoms with E-state index in [0.717, 1.165) is 24.2 Å². The van der Waals surface area contributed by atoms with Crippen LogP contribution in [0.3, 0.4) is 0 Å². The zero-order chi connectivity index (χ0) is 15.2. The molecule has 1 aliphatic rings. The Hall–Kier alpha value is -1.63. The van der Waals surface area contributed by atoms with E-state index >= 15 is 0 Å². The number of ether oxygens (including phenoxy) is 1. The van der Waals surface area contributed by atoms with E-state index < -0.39 is 6.10 Å². The number of nitrogens with zero attached hydrogens (tertiary/aromatic N) is 1. The summed E-state index contributed by atoms with van der Waals surface area (Å²) >= 11 is 0. The average molecular weight is 328 g/mol. The number of benzene rings is 1. The van der Waals surface area contributed by atoms with Crippen LogP contribution in [0.2, 0.25) is 0 Å². The number of hydrogen-bond acceptors (Lipinski definition) is 4. The smallest absolute Gasteiger partial charge is 0.250 e. The topological polar surface area (TPSA) is 84.7 Å². The Morgan fingerprint density at radius 1 is 1.41 bits per heavy atom. The van der Waals surface area contributed by atoms with Gasteiger partial charge in [-0.3, -0.25) is 9.59 Å². The quantitative estimate of drug-likeness (QED) is 0.810. The Labute approximate surface area is 136 Å². The van der Waals surface area contributed by atoms with Crippen molar-refractivity contribution in [3.05, 3.63) is 29.8 Å². The van der Waals surface area contributed by atoms with Crippen molar-refractivity contribution in [2.24, 2.45) is 5.73 Å². The monoisotopic (exact) mass is 327 g/mol. The first-order chi connectivity index (χ1) is 10.2. The predicted octanol–water partition coefficient (Wildman–Crippen LogP) is 0.825. The normalized spacial score (nSPS) is 15.4. The van der Waals surface area contributed by atoms with Crippen LogP contribution >= 0.6 is 12.4 Å². The lowest BCUT2D eigenvalue weighted by Gasteiger charge is -2.16. The minimum absolute atomic E-state index is 0. The molecule has 122 valence electrons. The van der Waals surface area contributed by atoms with Crippen molar-refractivity contribution in [1.82, 2.24) is 5.32 Å². The van der Waals surface area contributed by atoms with E-state index in [0.29, 0.717) is 13.0 Å². The number of nitrogens with two attached hydrogens (primary N) is 1. The fraction of sp³-hybridized carbons (Fsp3) is 0.467. The first-order valence-electron chi connectivity index (χ1n) is 7.05. The molecule has 1 aromatic carbocycles. The highest BCUT2D eigenvalue weighted by Crippen LogP contribution is 2.21. The van der Waals surface area contributed by atoms with Gasteiger partial charge in [0.05, 0.1) is 0 Å². The fourth-order valence-electron chi connectivity index (χ4n) is 2.33. The molecule has 1 aromatic rings. The second-order valence-electron chi connectivity index (χ2n) is 4.99. The molecule has 1 heterocycles. The molecule has 1 atom stereocenters. The van der Waals surface area contributed by atoms with Crippen LogP contribution in [0, 0.1) is 0 Å². The van der Waals surface area contributed by atoms with Crippen molar-refractivity contribution in [2.75, 3.05) is 25.1 Å². The summed E-state index contributed by atoms with van der Waals surface area (Å²) in [4.78, 5) is 25.2. The number of anilines is 1. The van der Waals surface area contributed by atoms with E-state index in [1.165, 1.54) is 7.11 Å².